The van der Waals surface area contributed by atoms with Gasteiger partial charge in [0, 0.05) is 38.4 Å². The first-order valence-electron chi connectivity index (χ1n) is 13.0. The number of ether oxygens (including phenoxy) is 1. The van der Waals surface area contributed by atoms with E-state index in [2.05, 4.69) is 5.32 Å². The van der Waals surface area contributed by atoms with Gasteiger partial charge in [-0.2, -0.15) is 0 Å². The van der Waals surface area contributed by atoms with Crippen molar-refractivity contribution in [3.05, 3.63) is 63.1 Å². The van der Waals surface area contributed by atoms with Gasteiger partial charge in [-0.15, -0.1) is 0 Å². The maximum absolute atomic E-state index is 12.4. The number of halogens is 2. The van der Waals surface area contributed by atoms with Crippen molar-refractivity contribution in [2.24, 2.45) is 0 Å². The Balaban J connectivity index is 1.46. The first-order valence-corrected chi connectivity index (χ1v) is 13.7. The van der Waals surface area contributed by atoms with Crippen molar-refractivity contribution in [2.75, 3.05) is 45.1 Å². The third-order valence-corrected chi connectivity index (χ3v) is 6.85. The van der Waals surface area contributed by atoms with Crippen molar-refractivity contribution in [3.8, 4) is 0 Å². The van der Waals surface area contributed by atoms with E-state index in [1.54, 1.807) is 12.1 Å². The van der Waals surface area contributed by atoms with Crippen molar-refractivity contribution in [3.63, 3.8) is 0 Å². The van der Waals surface area contributed by atoms with Crippen LogP contribution in [0.3, 0.4) is 0 Å². The lowest BCUT2D eigenvalue weighted by molar-refractivity contribution is 0.0773. The summed E-state index contributed by atoms with van der Waals surface area (Å²) in [7, 11) is 0. The second kappa shape index (κ2) is 16.8. The summed E-state index contributed by atoms with van der Waals surface area (Å²) in [6, 6.07) is 11.3. The van der Waals surface area contributed by atoms with E-state index in [4.69, 9.17) is 33.7 Å². The average Bonchev–Trinajstić information content (AvgIpc) is 2.88. The lowest BCUT2D eigenvalue weighted by Gasteiger charge is -2.18. The first-order chi connectivity index (χ1) is 17.4. The predicted molar refractivity (Wildman–Crippen MR) is 150 cm³/mol. The fourth-order valence-electron chi connectivity index (χ4n) is 3.95. The number of aryl methyl sites for hydroxylation is 1. The molecule has 2 rings (SSSR count). The van der Waals surface area contributed by atoms with E-state index < -0.39 is 6.10 Å². The normalized spacial score (nSPS) is 12.0. The molecule has 0 aliphatic carbocycles. The number of unbranched alkanes of at least 4 members (excludes halogenated alkanes) is 3. The Hall–Kier alpha value is -1.83. The standard InChI is InChI=1S/C28H41Cl2N3O3/c1-3-33(4-2)28(35)22-13-11-21(12-14-22)10-9-17-36-16-8-6-5-7-15-32-20-26(34)23-18-24(29)27(31)25(30)19-23/h11-14,18-19,26,32,34H,3-10,15-17,20,31H2,1-2H3. The van der Waals surface area contributed by atoms with Gasteiger partial charge in [-0.1, -0.05) is 48.2 Å². The Morgan fingerprint density at radius 2 is 1.61 bits per heavy atom. The molecule has 4 N–H and O–H groups in total. The van der Waals surface area contributed by atoms with Gasteiger partial charge in [0.2, 0.25) is 0 Å². The molecule has 0 bridgehead atoms. The summed E-state index contributed by atoms with van der Waals surface area (Å²) in [5.41, 5.74) is 8.71. The largest absolute Gasteiger partial charge is 0.396 e. The summed E-state index contributed by atoms with van der Waals surface area (Å²) in [5, 5.41) is 14.3. The van der Waals surface area contributed by atoms with Crippen LogP contribution in [0.5, 0.6) is 0 Å². The lowest BCUT2D eigenvalue weighted by Crippen LogP contribution is -2.30. The smallest absolute Gasteiger partial charge is 0.253 e. The van der Waals surface area contributed by atoms with Gasteiger partial charge in [-0.05, 0) is 81.5 Å². The van der Waals surface area contributed by atoms with Crippen LogP contribution in [0, 0.1) is 0 Å². The number of nitrogens with zero attached hydrogens (tertiary/aromatic N) is 1. The molecule has 0 aromatic heterocycles. The summed E-state index contributed by atoms with van der Waals surface area (Å²) in [6.45, 7) is 8.27. The number of aliphatic hydroxyl groups is 1. The number of hydrogen-bond acceptors (Lipinski definition) is 5. The molecule has 0 aliphatic heterocycles. The lowest BCUT2D eigenvalue weighted by atomic mass is 10.1. The zero-order chi connectivity index (χ0) is 26.3. The fraction of sp³-hybridized carbons (Fsp3) is 0.536. The zero-order valence-corrected chi connectivity index (χ0v) is 23.1. The summed E-state index contributed by atoms with van der Waals surface area (Å²) >= 11 is 12.1. The highest BCUT2D eigenvalue weighted by atomic mass is 35.5. The maximum atomic E-state index is 12.4. The van der Waals surface area contributed by atoms with Crippen LogP contribution < -0.4 is 11.1 Å². The van der Waals surface area contributed by atoms with Gasteiger partial charge >= 0.3 is 0 Å². The van der Waals surface area contributed by atoms with Crippen LogP contribution in [0.4, 0.5) is 5.69 Å². The number of amides is 1. The number of nitrogens with two attached hydrogens (primary N) is 1. The highest BCUT2D eigenvalue weighted by molar-refractivity contribution is 6.38. The third kappa shape index (κ3) is 10.3. The molecule has 0 fully saturated rings. The molecule has 6 nitrogen and oxygen atoms in total. The average molecular weight is 539 g/mol. The van der Waals surface area contributed by atoms with Gasteiger partial charge in [0.1, 0.15) is 0 Å². The molecule has 1 amide bonds. The summed E-state index contributed by atoms with van der Waals surface area (Å²) in [6.07, 6.45) is 5.57. The number of aliphatic hydroxyl groups excluding tert-OH is 1. The van der Waals surface area contributed by atoms with E-state index in [0.29, 0.717) is 27.8 Å². The van der Waals surface area contributed by atoms with Crippen molar-refractivity contribution >= 4 is 34.8 Å². The molecule has 36 heavy (non-hydrogen) atoms. The van der Waals surface area contributed by atoms with Gasteiger partial charge in [-0.3, -0.25) is 4.79 Å². The molecule has 1 unspecified atom stereocenters. The number of hydrogen-bond donors (Lipinski definition) is 3. The molecular weight excluding hydrogens is 497 g/mol. The Labute approximate surface area is 226 Å². The van der Waals surface area contributed by atoms with Crippen molar-refractivity contribution in [1.82, 2.24) is 10.2 Å². The van der Waals surface area contributed by atoms with Gasteiger partial charge in [-0.25, -0.2) is 0 Å². The van der Waals surface area contributed by atoms with Crippen LogP contribution in [0.2, 0.25) is 10.0 Å². The fourth-order valence-corrected chi connectivity index (χ4v) is 4.45. The second-order valence-corrected chi connectivity index (χ2v) is 9.74. The van der Waals surface area contributed by atoms with E-state index >= 15 is 0 Å². The highest BCUT2D eigenvalue weighted by Crippen LogP contribution is 2.31. The maximum Gasteiger partial charge on any atom is 0.253 e. The molecule has 0 spiro atoms. The number of anilines is 1. The molecule has 2 aromatic carbocycles. The van der Waals surface area contributed by atoms with Crippen LogP contribution in [0.25, 0.3) is 0 Å². The molecule has 0 radical (unpaired) electrons. The Morgan fingerprint density at radius 3 is 2.25 bits per heavy atom. The number of rotatable bonds is 17. The minimum absolute atomic E-state index is 0.0946. The summed E-state index contributed by atoms with van der Waals surface area (Å²) in [5.74, 6) is 0.0946. The molecule has 0 saturated carbocycles. The Kier molecular flexibility index (Phi) is 14.2. The number of carbonyl (C=O) groups excluding carboxylic acids is 1. The minimum atomic E-state index is -0.679. The highest BCUT2D eigenvalue weighted by Gasteiger charge is 2.13. The number of nitrogen functional groups attached to an aromatic ring is 1. The summed E-state index contributed by atoms with van der Waals surface area (Å²) in [4.78, 5) is 14.2. The SMILES string of the molecule is CCN(CC)C(=O)c1ccc(CCCOCCCCCCNCC(O)c2cc(Cl)c(N)c(Cl)c2)cc1. The topological polar surface area (TPSA) is 87.8 Å². The van der Waals surface area contributed by atoms with E-state index in [9.17, 15) is 9.90 Å². The summed E-state index contributed by atoms with van der Waals surface area (Å²) < 4.78 is 5.77. The molecule has 0 saturated heterocycles. The van der Waals surface area contributed by atoms with E-state index in [-0.39, 0.29) is 5.91 Å². The minimum Gasteiger partial charge on any atom is -0.396 e. The van der Waals surface area contributed by atoms with E-state index in [0.717, 1.165) is 76.9 Å². The van der Waals surface area contributed by atoms with Crippen LogP contribution >= 0.6 is 23.2 Å². The molecular formula is C28H41Cl2N3O3. The van der Waals surface area contributed by atoms with Gasteiger partial charge in [0.05, 0.1) is 21.8 Å². The molecule has 8 heteroatoms. The number of benzene rings is 2. The molecule has 0 heterocycles. The number of carbonyl (C=O) groups is 1. The van der Waals surface area contributed by atoms with Crippen molar-refractivity contribution in [1.29, 1.82) is 0 Å². The second-order valence-electron chi connectivity index (χ2n) is 8.92. The van der Waals surface area contributed by atoms with Crippen LogP contribution in [-0.2, 0) is 11.2 Å². The van der Waals surface area contributed by atoms with Crippen LogP contribution in [0.15, 0.2) is 36.4 Å². The predicted octanol–water partition coefficient (Wildman–Crippen LogP) is 5.89. The van der Waals surface area contributed by atoms with Crippen molar-refractivity contribution < 1.29 is 14.6 Å². The molecule has 2 aromatic rings. The third-order valence-electron chi connectivity index (χ3n) is 6.22. The quantitative estimate of drug-likeness (QED) is 0.173. The number of nitrogens with one attached hydrogen (secondary N) is 1. The molecule has 0 aliphatic rings. The monoisotopic (exact) mass is 537 g/mol. The van der Waals surface area contributed by atoms with Crippen LogP contribution in [0.1, 0.15) is 73.5 Å². The van der Waals surface area contributed by atoms with Gasteiger partial charge < -0.3 is 25.8 Å². The molecule has 1 atom stereocenters. The van der Waals surface area contributed by atoms with Gasteiger partial charge in [0.15, 0.2) is 0 Å². The zero-order valence-electron chi connectivity index (χ0n) is 21.6. The Morgan fingerprint density at radius 1 is 1.00 bits per heavy atom. The molecule has 200 valence electrons. The van der Waals surface area contributed by atoms with Crippen molar-refractivity contribution in [2.45, 2.75) is 58.5 Å². The van der Waals surface area contributed by atoms with E-state index in [1.165, 1.54) is 5.56 Å². The first kappa shape index (κ1) is 30.4. The Bertz CT molecular complexity index is 898. The van der Waals surface area contributed by atoms with E-state index in [1.807, 2.05) is 43.0 Å². The van der Waals surface area contributed by atoms with Gasteiger partial charge in [0.25, 0.3) is 5.91 Å². The van der Waals surface area contributed by atoms with Crippen LogP contribution in [-0.4, -0.2) is 55.3 Å².